The van der Waals surface area contributed by atoms with Gasteiger partial charge in [0.05, 0.1) is 5.02 Å². The average Bonchev–Trinajstić information content (AvgIpc) is 2.05. The molecule has 3 heteroatoms. The highest BCUT2D eigenvalue weighted by molar-refractivity contribution is 6.30. The number of rotatable bonds is 2. The van der Waals surface area contributed by atoms with Crippen LogP contribution in [0.4, 0.5) is 0 Å². The summed E-state index contributed by atoms with van der Waals surface area (Å²) in [4.78, 5) is 4.14. The van der Waals surface area contributed by atoms with Crippen LogP contribution >= 0.6 is 11.6 Å². The summed E-state index contributed by atoms with van der Waals surface area (Å²) in [6, 6.07) is 3.73. The van der Waals surface area contributed by atoms with Crippen molar-refractivity contribution in [2.24, 2.45) is 5.73 Å². The second-order valence-electron chi connectivity index (χ2n) is 2.54. The summed E-state index contributed by atoms with van der Waals surface area (Å²) < 4.78 is 0. The van der Waals surface area contributed by atoms with E-state index in [1.165, 1.54) is 0 Å². The van der Waals surface area contributed by atoms with Crippen molar-refractivity contribution in [2.75, 3.05) is 6.54 Å². The summed E-state index contributed by atoms with van der Waals surface area (Å²) in [5, 5.41) is 0.665. The van der Waals surface area contributed by atoms with Gasteiger partial charge in [0.1, 0.15) is 0 Å². The third-order valence-electron chi connectivity index (χ3n) is 1.61. The molecule has 1 aromatic heterocycles. The van der Waals surface area contributed by atoms with Crippen LogP contribution in [0.3, 0.4) is 0 Å². The minimum absolute atomic E-state index is 0.312. The Morgan fingerprint density at radius 3 is 2.82 bits per heavy atom. The van der Waals surface area contributed by atoms with Gasteiger partial charge in [0.15, 0.2) is 0 Å². The Hall–Kier alpha value is -0.600. The Bertz CT molecular complexity index is 220. The minimum Gasteiger partial charge on any atom is -0.330 e. The third-order valence-corrected chi connectivity index (χ3v) is 1.83. The SMILES string of the molecule is CC(CN)c1ccc(Cl)cn1. The zero-order chi connectivity index (χ0) is 8.27. The number of pyridine rings is 1. The molecule has 0 aliphatic heterocycles. The summed E-state index contributed by atoms with van der Waals surface area (Å²) in [6.07, 6.45) is 1.64. The van der Waals surface area contributed by atoms with Gasteiger partial charge in [-0.1, -0.05) is 18.5 Å². The molecule has 0 amide bonds. The van der Waals surface area contributed by atoms with Gasteiger partial charge in [-0.15, -0.1) is 0 Å². The van der Waals surface area contributed by atoms with Gasteiger partial charge in [-0.05, 0) is 12.1 Å². The molecular formula is C8H11ClN2. The third kappa shape index (κ3) is 2.17. The van der Waals surface area contributed by atoms with E-state index < -0.39 is 0 Å². The molecule has 1 heterocycles. The van der Waals surface area contributed by atoms with Gasteiger partial charge >= 0.3 is 0 Å². The lowest BCUT2D eigenvalue weighted by Gasteiger charge is -2.06. The molecule has 0 bridgehead atoms. The highest BCUT2D eigenvalue weighted by Gasteiger charge is 2.02. The highest BCUT2D eigenvalue weighted by Crippen LogP contribution is 2.13. The van der Waals surface area contributed by atoms with E-state index in [2.05, 4.69) is 4.98 Å². The maximum absolute atomic E-state index is 5.67. The Balaban J connectivity index is 2.81. The zero-order valence-electron chi connectivity index (χ0n) is 6.42. The highest BCUT2D eigenvalue weighted by atomic mass is 35.5. The fourth-order valence-corrected chi connectivity index (χ4v) is 0.911. The molecular weight excluding hydrogens is 160 g/mol. The van der Waals surface area contributed by atoms with Gasteiger partial charge in [-0.3, -0.25) is 4.98 Å². The second kappa shape index (κ2) is 3.69. The minimum atomic E-state index is 0.312. The monoisotopic (exact) mass is 170 g/mol. The first-order valence-electron chi connectivity index (χ1n) is 3.55. The first kappa shape index (κ1) is 8.50. The molecule has 1 rings (SSSR count). The van der Waals surface area contributed by atoms with Crippen molar-refractivity contribution in [2.45, 2.75) is 12.8 Å². The lowest BCUT2D eigenvalue weighted by molar-refractivity contribution is 0.745. The smallest absolute Gasteiger partial charge is 0.0589 e. The van der Waals surface area contributed by atoms with E-state index in [4.69, 9.17) is 17.3 Å². The van der Waals surface area contributed by atoms with Crippen LogP contribution in [0, 0.1) is 0 Å². The van der Waals surface area contributed by atoms with Gasteiger partial charge in [0, 0.05) is 24.4 Å². The van der Waals surface area contributed by atoms with E-state index in [9.17, 15) is 0 Å². The van der Waals surface area contributed by atoms with Crippen molar-refractivity contribution in [3.05, 3.63) is 29.0 Å². The van der Waals surface area contributed by atoms with E-state index in [1.54, 1.807) is 6.20 Å². The van der Waals surface area contributed by atoms with Crippen molar-refractivity contribution in [1.29, 1.82) is 0 Å². The number of aromatic nitrogens is 1. The van der Waals surface area contributed by atoms with Crippen LogP contribution in [-0.4, -0.2) is 11.5 Å². The predicted octanol–water partition coefficient (Wildman–Crippen LogP) is 1.80. The molecule has 2 N–H and O–H groups in total. The molecule has 0 aliphatic carbocycles. The van der Waals surface area contributed by atoms with Crippen molar-refractivity contribution < 1.29 is 0 Å². The number of nitrogens with two attached hydrogens (primary N) is 1. The maximum Gasteiger partial charge on any atom is 0.0589 e. The molecule has 2 nitrogen and oxygen atoms in total. The van der Waals surface area contributed by atoms with Gasteiger partial charge in [0.2, 0.25) is 0 Å². The van der Waals surface area contributed by atoms with Crippen LogP contribution in [0.1, 0.15) is 18.5 Å². The van der Waals surface area contributed by atoms with E-state index in [0.717, 1.165) is 5.69 Å². The van der Waals surface area contributed by atoms with Crippen LogP contribution in [-0.2, 0) is 0 Å². The summed E-state index contributed by atoms with van der Waals surface area (Å²) in [5.41, 5.74) is 6.47. The quantitative estimate of drug-likeness (QED) is 0.735. The molecule has 1 atom stereocenters. The van der Waals surface area contributed by atoms with Gasteiger partial charge < -0.3 is 5.73 Å². The molecule has 0 aliphatic rings. The van der Waals surface area contributed by atoms with E-state index in [-0.39, 0.29) is 0 Å². The molecule has 1 aromatic rings. The predicted molar refractivity (Wildman–Crippen MR) is 46.7 cm³/mol. The largest absolute Gasteiger partial charge is 0.330 e. The summed E-state index contributed by atoms with van der Waals surface area (Å²) in [7, 11) is 0. The molecule has 11 heavy (non-hydrogen) atoms. The van der Waals surface area contributed by atoms with E-state index in [1.807, 2.05) is 19.1 Å². The van der Waals surface area contributed by atoms with Crippen LogP contribution in [0.2, 0.25) is 5.02 Å². The number of halogens is 1. The average molecular weight is 171 g/mol. The Morgan fingerprint density at radius 1 is 1.64 bits per heavy atom. The number of hydrogen-bond donors (Lipinski definition) is 1. The molecule has 0 aromatic carbocycles. The molecule has 60 valence electrons. The molecule has 0 saturated carbocycles. The lowest BCUT2D eigenvalue weighted by Crippen LogP contribution is -2.09. The van der Waals surface area contributed by atoms with Crippen LogP contribution in [0.25, 0.3) is 0 Å². The fourth-order valence-electron chi connectivity index (χ4n) is 0.800. The fraction of sp³-hybridized carbons (Fsp3) is 0.375. The van der Waals surface area contributed by atoms with Gasteiger partial charge in [0.25, 0.3) is 0 Å². The maximum atomic E-state index is 5.67. The molecule has 1 unspecified atom stereocenters. The van der Waals surface area contributed by atoms with Crippen molar-refractivity contribution in [1.82, 2.24) is 4.98 Å². The number of hydrogen-bond acceptors (Lipinski definition) is 2. The standard InChI is InChI=1S/C8H11ClN2/c1-6(4-10)8-3-2-7(9)5-11-8/h2-3,5-6H,4,10H2,1H3. The second-order valence-corrected chi connectivity index (χ2v) is 2.97. The summed E-state index contributed by atoms with van der Waals surface area (Å²) in [6.45, 7) is 2.66. The first-order chi connectivity index (χ1) is 5.24. The van der Waals surface area contributed by atoms with Crippen molar-refractivity contribution >= 4 is 11.6 Å². The summed E-state index contributed by atoms with van der Waals surface area (Å²) in [5.74, 6) is 0.312. The lowest BCUT2D eigenvalue weighted by atomic mass is 10.1. The van der Waals surface area contributed by atoms with E-state index in [0.29, 0.717) is 17.5 Å². The Kier molecular flexibility index (Phi) is 2.85. The molecule has 0 radical (unpaired) electrons. The van der Waals surface area contributed by atoms with Crippen LogP contribution in [0.5, 0.6) is 0 Å². The van der Waals surface area contributed by atoms with Crippen LogP contribution < -0.4 is 5.73 Å². The summed E-state index contributed by atoms with van der Waals surface area (Å²) >= 11 is 5.67. The Labute approximate surface area is 71.4 Å². The first-order valence-corrected chi connectivity index (χ1v) is 3.93. The van der Waals surface area contributed by atoms with Crippen molar-refractivity contribution in [3.8, 4) is 0 Å². The van der Waals surface area contributed by atoms with Crippen LogP contribution in [0.15, 0.2) is 18.3 Å². The van der Waals surface area contributed by atoms with Gasteiger partial charge in [-0.2, -0.15) is 0 Å². The zero-order valence-corrected chi connectivity index (χ0v) is 7.17. The van der Waals surface area contributed by atoms with Crippen molar-refractivity contribution in [3.63, 3.8) is 0 Å². The molecule has 0 fully saturated rings. The normalized spacial score (nSPS) is 13.0. The topological polar surface area (TPSA) is 38.9 Å². The number of nitrogens with zero attached hydrogens (tertiary/aromatic N) is 1. The molecule has 0 spiro atoms. The molecule has 0 saturated heterocycles. The van der Waals surface area contributed by atoms with E-state index >= 15 is 0 Å². The Morgan fingerprint density at radius 2 is 2.36 bits per heavy atom. The van der Waals surface area contributed by atoms with Gasteiger partial charge in [-0.25, -0.2) is 0 Å².